The Hall–Kier alpha value is -1.59. The summed E-state index contributed by atoms with van der Waals surface area (Å²) in [5.74, 6) is 2.28. The maximum absolute atomic E-state index is 13.3. The quantitative estimate of drug-likeness (QED) is 0.0509. The fraction of sp³-hybridized carbons (Fsp3) is 0.879. The van der Waals surface area contributed by atoms with Gasteiger partial charge in [-0.25, -0.2) is 0 Å². The Bertz CT molecular complexity index is 1270. The van der Waals surface area contributed by atoms with Crippen molar-refractivity contribution in [1.29, 1.82) is 0 Å². The molecule has 5 heteroatoms. The normalized spacial score (nSPS) is 21.8. The highest BCUT2D eigenvalue weighted by Crippen LogP contribution is 2.61. The highest BCUT2D eigenvalue weighted by Gasteiger charge is 2.56. The number of nitrogens with zero attached hydrogens (tertiary/aromatic N) is 1. The highest BCUT2D eigenvalue weighted by molar-refractivity contribution is 5.69. The first-order valence-electron chi connectivity index (χ1n) is 28.3. The van der Waals surface area contributed by atoms with Gasteiger partial charge in [0.05, 0.1) is 6.61 Å². The summed E-state index contributed by atoms with van der Waals surface area (Å²) in [5, 5.41) is 20.2. The Morgan fingerprint density at radius 3 is 1.70 bits per heavy atom. The number of aromatic hydroxyl groups is 1. The van der Waals surface area contributed by atoms with Crippen LogP contribution in [-0.4, -0.2) is 52.9 Å². The molecule has 2 N–H and O–H groups in total. The molecule has 0 heterocycles. The Morgan fingerprint density at radius 2 is 1.16 bits per heavy atom. The van der Waals surface area contributed by atoms with Crippen LogP contribution in [0.5, 0.6) is 5.75 Å². The first-order valence-corrected chi connectivity index (χ1v) is 28.3. The lowest BCUT2D eigenvalue weighted by Gasteiger charge is -2.50. The second kappa shape index (κ2) is 33.0. The number of esters is 1. The first kappa shape index (κ1) is 54.0. The van der Waals surface area contributed by atoms with Gasteiger partial charge >= 0.3 is 5.97 Å². The molecule has 3 aliphatic rings. The van der Waals surface area contributed by atoms with Crippen LogP contribution < -0.4 is 0 Å². The summed E-state index contributed by atoms with van der Waals surface area (Å²) in [4.78, 5) is 15.9. The van der Waals surface area contributed by atoms with Crippen LogP contribution in [0.1, 0.15) is 282 Å². The molecule has 364 valence electrons. The van der Waals surface area contributed by atoms with E-state index in [1.54, 1.807) is 0 Å². The van der Waals surface area contributed by atoms with Crippen LogP contribution in [0.15, 0.2) is 18.2 Å². The van der Waals surface area contributed by atoms with Gasteiger partial charge < -0.3 is 14.9 Å². The molecular weight excluding hydrogens is 775 g/mol. The number of unbranched alkanes of at least 4 members (excludes halogenated alkanes) is 27. The minimum Gasteiger partial charge on any atom is -0.508 e. The third kappa shape index (κ3) is 20.0. The molecule has 2 fully saturated rings. The van der Waals surface area contributed by atoms with Crippen LogP contribution >= 0.6 is 0 Å². The summed E-state index contributed by atoms with van der Waals surface area (Å²) in [6.45, 7) is 9.15. The molecule has 1 aromatic rings. The number of fused-ring (bicyclic) bond motifs is 5. The number of phenolic OH excluding ortho intramolecular Hbond substituents is 1. The predicted molar refractivity (Wildman–Crippen MR) is 269 cm³/mol. The highest BCUT2D eigenvalue weighted by atomic mass is 16.5. The Morgan fingerprint density at radius 1 is 0.651 bits per heavy atom. The molecule has 3 aliphatic carbocycles. The van der Waals surface area contributed by atoms with Crippen LogP contribution in [0.4, 0.5) is 0 Å². The molecule has 5 unspecified atom stereocenters. The Labute approximate surface area is 390 Å². The SMILES string of the molecule is CCCCCCCCCCCCCCCC(CCCCCCCCCCCCCCC)N(CCO)CCCCCCC(=O)OC1CCC2C3CCc4cc(O)ccc4C3CCC12C. The predicted octanol–water partition coefficient (Wildman–Crippen LogP) is 16.7. The third-order valence-corrected chi connectivity index (χ3v) is 16.7. The van der Waals surface area contributed by atoms with Gasteiger partial charge in [-0.15, -0.1) is 0 Å². The zero-order chi connectivity index (χ0) is 44.8. The molecule has 0 aromatic heterocycles. The van der Waals surface area contributed by atoms with Crippen molar-refractivity contribution in [1.82, 2.24) is 4.90 Å². The van der Waals surface area contributed by atoms with Gasteiger partial charge in [0.15, 0.2) is 0 Å². The molecule has 0 amide bonds. The minimum absolute atomic E-state index is 0.0195. The van der Waals surface area contributed by atoms with Gasteiger partial charge in [0, 0.05) is 24.4 Å². The molecule has 2 saturated carbocycles. The van der Waals surface area contributed by atoms with E-state index < -0.39 is 0 Å². The van der Waals surface area contributed by atoms with Gasteiger partial charge in [-0.2, -0.15) is 0 Å². The number of aryl methyl sites for hydroxylation is 1. The van der Waals surface area contributed by atoms with Crippen LogP contribution in [0.2, 0.25) is 0 Å². The van der Waals surface area contributed by atoms with Crippen molar-refractivity contribution < 1.29 is 19.7 Å². The van der Waals surface area contributed by atoms with Gasteiger partial charge in [0.25, 0.3) is 0 Å². The number of aliphatic hydroxyl groups excluding tert-OH is 1. The van der Waals surface area contributed by atoms with Crippen LogP contribution in [0.3, 0.4) is 0 Å². The van der Waals surface area contributed by atoms with Crippen molar-refractivity contribution in [3.63, 3.8) is 0 Å². The van der Waals surface area contributed by atoms with Crippen molar-refractivity contribution in [2.24, 2.45) is 17.3 Å². The number of hydrogen-bond acceptors (Lipinski definition) is 5. The standard InChI is InChI=1S/C58H103NO4/c1-4-6-8-10-12-14-16-18-20-22-24-26-30-34-50(35-31-27-25-23-21-19-17-15-13-11-9-7-5-2)59(46-47-60)45-33-29-28-32-36-57(62)63-56-42-41-55-54-39-37-49-48-51(61)38-40-52(49)53(54)43-44-58(55,56)3/h38,40,48,50,53-56,60-61H,4-37,39,41-47H2,1-3H3. The number of benzene rings is 1. The molecule has 0 bridgehead atoms. The van der Waals surface area contributed by atoms with Gasteiger partial charge in [0.1, 0.15) is 11.9 Å². The number of carbonyl (C=O) groups is 1. The molecule has 0 radical (unpaired) electrons. The van der Waals surface area contributed by atoms with E-state index in [0.717, 1.165) is 64.5 Å². The van der Waals surface area contributed by atoms with E-state index in [4.69, 9.17) is 4.74 Å². The van der Waals surface area contributed by atoms with Gasteiger partial charge in [-0.05, 0) is 112 Å². The number of ether oxygens (including phenoxy) is 1. The van der Waals surface area contributed by atoms with E-state index in [2.05, 4.69) is 31.7 Å². The molecule has 1 aromatic carbocycles. The van der Waals surface area contributed by atoms with E-state index in [9.17, 15) is 15.0 Å². The maximum Gasteiger partial charge on any atom is 0.306 e. The number of aliphatic hydroxyl groups is 1. The fourth-order valence-electron chi connectivity index (χ4n) is 12.8. The van der Waals surface area contributed by atoms with Crippen molar-refractivity contribution in [2.45, 2.75) is 289 Å². The summed E-state index contributed by atoms with van der Waals surface area (Å²) >= 11 is 0. The minimum atomic E-state index is 0.0195. The van der Waals surface area contributed by atoms with Gasteiger partial charge in [0.2, 0.25) is 0 Å². The molecule has 63 heavy (non-hydrogen) atoms. The largest absolute Gasteiger partial charge is 0.508 e. The Kier molecular flexibility index (Phi) is 28.3. The summed E-state index contributed by atoms with van der Waals surface area (Å²) in [6, 6.07) is 6.64. The zero-order valence-corrected chi connectivity index (χ0v) is 42.0. The zero-order valence-electron chi connectivity index (χ0n) is 42.0. The van der Waals surface area contributed by atoms with Crippen molar-refractivity contribution in [3.05, 3.63) is 29.3 Å². The van der Waals surface area contributed by atoms with Gasteiger partial charge in [-0.1, -0.05) is 207 Å². The number of carbonyl (C=O) groups excluding carboxylic acids is 1. The molecule has 5 atom stereocenters. The lowest BCUT2D eigenvalue weighted by molar-refractivity contribution is -0.157. The molecule has 0 spiro atoms. The smallest absolute Gasteiger partial charge is 0.306 e. The van der Waals surface area contributed by atoms with Crippen LogP contribution in [-0.2, 0) is 16.0 Å². The van der Waals surface area contributed by atoms with E-state index in [0.29, 0.717) is 36.0 Å². The van der Waals surface area contributed by atoms with Crippen LogP contribution in [0.25, 0.3) is 0 Å². The second-order valence-corrected chi connectivity index (χ2v) is 21.5. The summed E-state index contributed by atoms with van der Waals surface area (Å²) in [5.41, 5.74) is 2.90. The van der Waals surface area contributed by atoms with Crippen LogP contribution in [0, 0.1) is 17.3 Å². The second-order valence-electron chi connectivity index (χ2n) is 21.5. The number of hydrogen-bond donors (Lipinski definition) is 2. The third-order valence-electron chi connectivity index (χ3n) is 16.7. The first-order chi connectivity index (χ1) is 30.9. The molecule has 5 nitrogen and oxygen atoms in total. The lowest BCUT2D eigenvalue weighted by Crippen LogP contribution is -2.45. The average molecular weight is 878 g/mol. The average Bonchev–Trinajstić information content (AvgIpc) is 3.61. The van der Waals surface area contributed by atoms with Crippen molar-refractivity contribution in [3.8, 4) is 5.75 Å². The number of rotatable bonds is 39. The van der Waals surface area contributed by atoms with E-state index >= 15 is 0 Å². The van der Waals surface area contributed by atoms with Gasteiger partial charge in [-0.3, -0.25) is 9.69 Å². The summed E-state index contributed by atoms with van der Waals surface area (Å²) in [7, 11) is 0. The molecule has 0 aliphatic heterocycles. The van der Waals surface area contributed by atoms with Crippen molar-refractivity contribution in [2.75, 3.05) is 19.7 Å². The van der Waals surface area contributed by atoms with Crippen molar-refractivity contribution >= 4 is 5.97 Å². The van der Waals surface area contributed by atoms with E-state index in [-0.39, 0.29) is 24.1 Å². The summed E-state index contributed by atoms with van der Waals surface area (Å²) < 4.78 is 6.35. The molecule has 4 rings (SSSR count). The lowest BCUT2D eigenvalue weighted by atomic mass is 9.55. The molecular formula is C58H103NO4. The van der Waals surface area contributed by atoms with E-state index in [1.165, 1.54) is 204 Å². The number of phenols is 1. The maximum atomic E-state index is 13.3. The fourth-order valence-corrected chi connectivity index (χ4v) is 12.8. The Balaban J connectivity index is 1.12. The molecule has 0 saturated heterocycles. The topological polar surface area (TPSA) is 70.0 Å². The summed E-state index contributed by atoms with van der Waals surface area (Å²) in [6.07, 6.45) is 50.6. The van der Waals surface area contributed by atoms with E-state index in [1.807, 2.05) is 12.1 Å². The monoisotopic (exact) mass is 878 g/mol.